The molecule has 3 aliphatic rings. The highest BCUT2D eigenvalue weighted by molar-refractivity contribution is 6.38. The van der Waals surface area contributed by atoms with E-state index >= 15 is 4.39 Å². The summed E-state index contributed by atoms with van der Waals surface area (Å²) in [5.74, 6) is -1.14. The van der Waals surface area contributed by atoms with Crippen molar-refractivity contribution in [1.82, 2.24) is 9.80 Å². The van der Waals surface area contributed by atoms with Crippen LogP contribution in [0.5, 0.6) is 0 Å². The fourth-order valence-corrected chi connectivity index (χ4v) is 10.1. The minimum atomic E-state index is -3.25. The number of hydrogen-bond donors (Lipinski definition) is 2. The van der Waals surface area contributed by atoms with Gasteiger partial charge in [-0.3, -0.25) is 14.6 Å². The summed E-state index contributed by atoms with van der Waals surface area (Å²) < 4.78 is 54.7. The van der Waals surface area contributed by atoms with Crippen LogP contribution in [0.25, 0.3) is 0 Å². The molecule has 18 heteroatoms. The number of amides is 1. The van der Waals surface area contributed by atoms with Crippen molar-refractivity contribution < 1.29 is 56.8 Å². The molecule has 0 aliphatic carbocycles. The number of Topliss-reactive ketones (excluding diaryl/α,β-unsaturated/α-hetero) is 2. The third kappa shape index (κ3) is 11.6. The zero-order valence-corrected chi connectivity index (χ0v) is 41.3. The predicted octanol–water partition coefficient (Wildman–Crippen LogP) is 5.94. The number of carbonyl (C=O) groups excluding carboxylic acids is 5. The van der Waals surface area contributed by atoms with Gasteiger partial charge in [0.1, 0.15) is 17.6 Å². The molecule has 68 heavy (non-hydrogen) atoms. The van der Waals surface area contributed by atoms with Crippen LogP contribution >= 0.6 is 0 Å². The van der Waals surface area contributed by atoms with Crippen LogP contribution in [0, 0.1) is 17.8 Å². The first-order valence-corrected chi connectivity index (χ1v) is 23.4. The Morgan fingerprint density at radius 1 is 0.985 bits per heavy atom. The largest absolute Gasteiger partial charge is 0.455 e. The Hall–Kier alpha value is -5.30. The standard InChI is InChI=1S/C50H71FN6O11/c1-12-38-50(8)41(57(47(62)68-50)24-17-16-23-54-28-36(55-53)34-21-18-22-35(52)26-34)31(4)39(58)29(2)27-48(6,63-11)43(32(5)42(59)49(7,51)46(61)65-38)67-45-40(37(56(9)10)25-30(3)64-45)66-44(60)33-19-14-13-15-20-33/h13-15,18-22,26,28-32,37-38,40-41,43,45H,12,16-17,23-25,27,52-53H2,1-11H3/b54-28?,55-36+/t29-,30-,31+,32+,37+,38?,40-,41?,43-,45?,48+,49+,50-/m1/s1. The van der Waals surface area contributed by atoms with Crippen molar-refractivity contribution in [2.45, 2.75) is 147 Å². The number of likely N-dealkylation sites (N-methyl/N-ethyl adjacent to an activating group) is 1. The first-order valence-electron chi connectivity index (χ1n) is 23.4. The molecule has 0 bridgehead atoms. The number of nitrogens with zero attached hydrogens (tertiary/aromatic N) is 4. The van der Waals surface area contributed by atoms with Gasteiger partial charge in [0.25, 0.3) is 5.67 Å². The number of nitrogen functional groups attached to an aromatic ring is 1. The molecule has 2 aromatic carbocycles. The van der Waals surface area contributed by atoms with Gasteiger partial charge in [0, 0.05) is 55.4 Å². The number of anilines is 1. The monoisotopic (exact) mass is 951 g/mol. The summed E-state index contributed by atoms with van der Waals surface area (Å²) in [6.45, 7) is 12.9. The van der Waals surface area contributed by atoms with E-state index in [-0.39, 0.29) is 25.2 Å². The number of aliphatic imine (C=N–C) groups is 1. The van der Waals surface area contributed by atoms with Crippen molar-refractivity contribution in [3.05, 3.63) is 65.7 Å². The highest BCUT2D eigenvalue weighted by Gasteiger charge is 2.62. The van der Waals surface area contributed by atoms with Gasteiger partial charge in [-0.25, -0.2) is 18.8 Å². The Labute approximate surface area is 399 Å². The van der Waals surface area contributed by atoms with Crippen molar-refractivity contribution >= 4 is 47.2 Å². The van der Waals surface area contributed by atoms with E-state index in [0.29, 0.717) is 48.3 Å². The zero-order valence-electron chi connectivity index (χ0n) is 41.3. The predicted molar refractivity (Wildman–Crippen MR) is 254 cm³/mol. The third-order valence-corrected chi connectivity index (χ3v) is 13.9. The summed E-state index contributed by atoms with van der Waals surface area (Å²) in [7, 11) is 5.05. The van der Waals surface area contributed by atoms with Crippen LogP contribution in [0.2, 0.25) is 0 Å². The van der Waals surface area contributed by atoms with Gasteiger partial charge in [-0.15, -0.1) is 0 Å². The number of carbonyl (C=O) groups is 5. The number of esters is 2. The molecule has 5 rings (SSSR count). The quantitative estimate of drug-likeness (QED) is 0.0327. The molecule has 1 amide bonds. The molecule has 0 radical (unpaired) electrons. The first-order chi connectivity index (χ1) is 32.0. The van der Waals surface area contributed by atoms with Gasteiger partial charge >= 0.3 is 18.0 Å². The van der Waals surface area contributed by atoms with E-state index in [9.17, 15) is 24.0 Å². The molecule has 0 aromatic heterocycles. The number of methoxy groups -OCH3 is 1. The van der Waals surface area contributed by atoms with Gasteiger partial charge in [0.2, 0.25) is 0 Å². The van der Waals surface area contributed by atoms with Gasteiger partial charge in [-0.1, -0.05) is 58.0 Å². The molecule has 0 saturated carbocycles. The van der Waals surface area contributed by atoms with Crippen molar-refractivity contribution in [3.63, 3.8) is 0 Å². The average Bonchev–Trinajstić information content (AvgIpc) is 3.57. The van der Waals surface area contributed by atoms with Crippen LogP contribution in [-0.2, 0) is 42.8 Å². The second kappa shape index (κ2) is 22.4. The summed E-state index contributed by atoms with van der Waals surface area (Å²) in [6, 6.07) is 14.1. The summed E-state index contributed by atoms with van der Waals surface area (Å²) in [6.07, 6.45) is -3.28. The average molecular weight is 951 g/mol. The summed E-state index contributed by atoms with van der Waals surface area (Å²) in [5, 5.41) is 3.83. The molecule has 0 spiro atoms. The fraction of sp³-hybridized carbons (Fsp3) is 0.620. The molecular weight excluding hydrogens is 880 g/mol. The number of ether oxygens (including phenoxy) is 6. The second-order valence-electron chi connectivity index (χ2n) is 19.2. The SMILES string of the molecule is CCC1OC(=O)[C@@](C)(F)C(=O)[C@H](C)[C@@H](OC2O[C@H](C)C[C@H](N(C)C)[C@H]2OC(=O)c2ccccc2)[C@@](C)(OC)C[C@@H](C)C(=O)[C@H](C)C2N(CCCCN=C/C(=N\N)c3cccc(N)c3)C(=O)O[C@]12C. The lowest BCUT2D eigenvalue weighted by Gasteiger charge is -2.48. The topological polar surface area (TPSA) is 224 Å². The van der Waals surface area contributed by atoms with Gasteiger partial charge in [0.05, 0.1) is 35.5 Å². The number of nitrogens with two attached hydrogens (primary N) is 2. The van der Waals surface area contributed by atoms with Gasteiger partial charge in [0.15, 0.2) is 23.8 Å². The number of hydrazone groups is 1. The number of hydrogen-bond acceptors (Lipinski definition) is 16. The van der Waals surface area contributed by atoms with E-state index in [0.717, 1.165) is 6.92 Å². The molecule has 3 aliphatic heterocycles. The number of halogens is 1. The van der Waals surface area contributed by atoms with Crippen molar-refractivity contribution in [3.8, 4) is 0 Å². The van der Waals surface area contributed by atoms with Gasteiger partial charge < -0.3 is 49.8 Å². The van der Waals surface area contributed by atoms with Crippen LogP contribution in [0.15, 0.2) is 64.7 Å². The maximum absolute atomic E-state index is 17.2. The number of ketones is 2. The lowest BCUT2D eigenvalue weighted by atomic mass is 9.73. The van der Waals surface area contributed by atoms with Crippen molar-refractivity contribution in [2.75, 3.05) is 40.0 Å². The van der Waals surface area contributed by atoms with E-state index in [1.807, 2.05) is 32.0 Å². The Balaban J connectivity index is 1.48. The lowest BCUT2D eigenvalue weighted by molar-refractivity contribution is -0.295. The minimum Gasteiger partial charge on any atom is -0.455 e. The molecule has 3 heterocycles. The number of alkyl halides is 1. The summed E-state index contributed by atoms with van der Waals surface area (Å²) in [4.78, 5) is 79.0. The second-order valence-corrected chi connectivity index (χ2v) is 19.2. The molecule has 17 nitrogen and oxygen atoms in total. The molecule has 2 aromatic rings. The Kier molecular flexibility index (Phi) is 17.7. The number of unbranched alkanes of at least 4 members (excludes halogenated alkanes) is 1. The van der Waals surface area contributed by atoms with Crippen molar-refractivity contribution in [1.29, 1.82) is 0 Å². The lowest BCUT2D eigenvalue weighted by Crippen LogP contribution is -2.62. The summed E-state index contributed by atoms with van der Waals surface area (Å²) in [5.41, 5.74) is 1.46. The van der Waals surface area contributed by atoms with Crippen LogP contribution in [0.4, 0.5) is 14.9 Å². The van der Waals surface area contributed by atoms with Crippen LogP contribution < -0.4 is 11.6 Å². The fourth-order valence-electron chi connectivity index (χ4n) is 10.1. The molecular formula is C50H71FN6O11. The zero-order chi connectivity index (χ0) is 50.3. The molecule has 3 fully saturated rings. The summed E-state index contributed by atoms with van der Waals surface area (Å²) >= 11 is 0. The highest BCUT2D eigenvalue weighted by atomic mass is 19.1. The minimum absolute atomic E-state index is 0.0454. The van der Waals surface area contributed by atoms with Crippen LogP contribution in [0.3, 0.4) is 0 Å². The maximum Gasteiger partial charge on any atom is 0.410 e. The number of rotatable bonds is 14. The number of benzene rings is 2. The van der Waals surface area contributed by atoms with Gasteiger partial charge in [-0.2, -0.15) is 5.10 Å². The first kappa shape index (κ1) is 53.7. The van der Waals surface area contributed by atoms with E-state index in [2.05, 4.69) is 10.1 Å². The molecule has 3 saturated heterocycles. The Morgan fingerprint density at radius 2 is 1.66 bits per heavy atom. The van der Waals surface area contributed by atoms with E-state index in [4.69, 9.17) is 40.0 Å². The third-order valence-electron chi connectivity index (χ3n) is 13.9. The van der Waals surface area contributed by atoms with Crippen molar-refractivity contribution in [2.24, 2.45) is 33.7 Å². The maximum atomic E-state index is 17.2. The van der Waals surface area contributed by atoms with Crippen LogP contribution in [-0.4, -0.2) is 145 Å². The van der Waals surface area contributed by atoms with Crippen LogP contribution in [0.1, 0.15) is 103 Å². The van der Waals surface area contributed by atoms with E-state index in [1.165, 1.54) is 18.9 Å². The molecule has 3 unspecified atom stereocenters. The van der Waals surface area contributed by atoms with E-state index in [1.54, 1.807) is 89.4 Å². The highest BCUT2D eigenvalue weighted by Crippen LogP contribution is 2.44. The normalized spacial score (nSPS) is 34.4. The Morgan fingerprint density at radius 3 is 2.28 bits per heavy atom. The molecule has 374 valence electrons. The Bertz CT molecular complexity index is 2170. The molecule has 13 atom stereocenters. The smallest absolute Gasteiger partial charge is 0.410 e. The number of cyclic esters (lactones) is 1. The molecule has 4 N–H and O–H groups in total. The van der Waals surface area contributed by atoms with Gasteiger partial charge in [-0.05, 0) is 98.2 Å². The number of fused-ring (bicyclic) bond motifs is 1. The van der Waals surface area contributed by atoms with E-state index < -0.39 is 101 Å².